The number of halogens is 1. The van der Waals surface area contributed by atoms with Crippen LogP contribution in [0, 0.1) is 0 Å². The summed E-state index contributed by atoms with van der Waals surface area (Å²) in [6.45, 7) is 0.807. The van der Waals surface area contributed by atoms with Gasteiger partial charge in [-0.15, -0.1) is 0 Å². The number of ether oxygens (including phenoxy) is 2. The summed E-state index contributed by atoms with van der Waals surface area (Å²) < 4.78 is 11.1. The Hall–Kier alpha value is -2.64. The third-order valence-corrected chi connectivity index (χ3v) is 5.31. The van der Waals surface area contributed by atoms with Crippen LogP contribution in [0.15, 0.2) is 58.6 Å². The van der Waals surface area contributed by atoms with E-state index in [-0.39, 0.29) is 11.3 Å². The van der Waals surface area contributed by atoms with Crippen LogP contribution in [0.1, 0.15) is 23.6 Å². The second kappa shape index (κ2) is 9.24. The van der Waals surface area contributed by atoms with Gasteiger partial charge in [0.05, 0.1) is 18.7 Å². The fourth-order valence-electron chi connectivity index (χ4n) is 3.42. The molecule has 2 aromatic rings. The number of Topliss-reactive ketones (excluding diaryl/α,β-unsaturated/α-hetero) is 1. The molecule has 1 aliphatic heterocycles. The molecule has 6 nitrogen and oxygen atoms in total. The smallest absolute Gasteiger partial charge is 0.295 e. The highest BCUT2D eigenvalue weighted by Gasteiger charge is 2.45. The normalized spacial score (nSPS) is 18.3. The van der Waals surface area contributed by atoms with E-state index in [1.54, 1.807) is 38.5 Å². The topological polar surface area (TPSA) is 76.1 Å². The van der Waals surface area contributed by atoms with E-state index < -0.39 is 17.7 Å². The molecule has 152 valence electrons. The molecule has 3 rings (SSSR count). The van der Waals surface area contributed by atoms with Crippen molar-refractivity contribution in [2.24, 2.45) is 0 Å². The summed E-state index contributed by atoms with van der Waals surface area (Å²) in [5.74, 6) is -0.892. The van der Waals surface area contributed by atoms with Crippen molar-refractivity contribution in [2.75, 3.05) is 27.4 Å². The van der Waals surface area contributed by atoms with Crippen molar-refractivity contribution in [3.05, 3.63) is 69.7 Å². The fourth-order valence-corrected chi connectivity index (χ4v) is 3.83. The average Bonchev–Trinajstić information content (AvgIpc) is 2.98. The summed E-state index contributed by atoms with van der Waals surface area (Å²) >= 11 is 3.44. The zero-order valence-electron chi connectivity index (χ0n) is 16.2. The second-order valence-electron chi connectivity index (χ2n) is 6.62. The molecule has 0 spiro atoms. The van der Waals surface area contributed by atoms with E-state index in [4.69, 9.17) is 9.47 Å². The number of benzene rings is 2. The lowest BCUT2D eigenvalue weighted by Crippen LogP contribution is -2.31. The number of ketones is 1. The van der Waals surface area contributed by atoms with Crippen LogP contribution in [0.3, 0.4) is 0 Å². The molecule has 1 heterocycles. The van der Waals surface area contributed by atoms with Crippen LogP contribution in [0.5, 0.6) is 5.75 Å². The van der Waals surface area contributed by atoms with Crippen molar-refractivity contribution in [3.63, 3.8) is 0 Å². The highest BCUT2D eigenvalue weighted by Crippen LogP contribution is 2.40. The third-order valence-electron chi connectivity index (χ3n) is 4.82. The number of nitrogens with zero attached hydrogens (tertiary/aromatic N) is 1. The molecule has 2 aromatic carbocycles. The van der Waals surface area contributed by atoms with E-state index >= 15 is 0 Å². The molecule has 0 aliphatic carbocycles. The molecule has 1 saturated heterocycles. The van der Waals surface area contributed by atoms with E-state index in [1.165, 1.54) is 4.90 Å². The van der Waals surface area contributed by atoms with Gasteiger partial charge >= 0.3 is 0 Å². The fraction of sp³-hybridized carbons (Fsp3) is 0.273. The summed E-state index contributed by atoms with van der Waals surface area (Å²) in [4.78, 5) is 27.1. The minimum Gasteiger partial charge on any atom is -0.507 e. The first-order chi connectivity index (χ1) is 14.0. The molecular weight excluding hydrogens is 438 g/mol. The van der Waals surface area contributed by atoms with Crippen LogP contribution in [0.2, 0.25) is 0 Å². The number of methoxy groups -OCH3 is 2. The molecule has 1 atom stereocenters. The van der Waals surface area contributed by atoms with E-state index in [0.717, 1.165) is 10.0 Å². The monoisotopic (exact) mass is 459 g/mol. The zero-order valence-corrected chi connectivity index (χ0v) is 17.8. The van der Waals surface area contributed by atoms with Crippen LogP contribution in [0.25, 0.3) is 5.76 Å². The number of rotatable bonds is 7. The van der Waals surface area contributed by atoms with Gasteiger partial charge in [-0.1, -0.05) is 28.1 Å². The van der Waals surface area contributed by atoms with Crippen LogP contribution in [-0.2, 0) is 14.3 Å². The summed E-state index contributed by atoms with van der Waals surface area (Å²) in [5, 5.41) is 11.0. The number of carbonyl (C=O) groups excluding carboxylic acids is 2. The molecule has 0 saturated carbocycles. The van der Waals surface area contributed by atoms with Gasteiger partial charge in [0.2, 0.25) is 0 Å². The van der Waals surface area contributed by atoms with Crippen molar-refractivity contribution in [1.29, 1.82) is 0 Å². The Balaban J connectivity index is 2.10. The molecule has 0 radical (unpaired) electrons. The van der Waals surface area contributed by atoms with Gasteiger partial charge in [0.1, 0.15) is 11.5 Å². The Labute approximate surface area is 177 Å². The molecular formula is C22H22BrNO5. The summed E-state index contributed by atoms with van der Waals surface area (Å²) in [7, 11) is 3.14. The highest BCUT2D eigenvalue weighted by atomic mass is 79.9. The molecule has 0 unspecified atom stereocenters. The van der Waals surface area contributed by atoms with Gasteiger partial charge in [-0.3, -0.25) is 9.59 Å². The number of hydrogen-bond donors (Lipinski definition) is 1. The molecule has 0 bridgehead atoms. The molecule has 1 fully saturated rings. The Morgan fingerprint density at radius 1 is 1.14 bits per heavy atom. The number of aliphatic hydroxyl groups excluding tert-OH is 1. The molecule has 1 aliphatic rings. The predicted octanol–water partition coefficient (Wildman–Crippen LogP) is 3.92. The van der Waals surface area contributed by atoms with Crippen molar-refractivity contribution >= 4 is 33.4 Å². The Bertz CT molecular complexity index is 938. The largest absolute Gasteiger partial charge is 0.507 e. The highest BCUT2D eigenvalue weighted by molar-refractivity contribution is 9.10. The Kier molecular flexibility index (Phi) is 6.71. The number of hydrogen-bond acceptors (Lipinski definition) is 5. The van der Waals surface area contributed by atoms with Gasteiger partial charge in [0, 0.05) is 30.3 Å². The standard InChI is InChI=1S/C22H22BrNO5/c1-28-12-4-11-24-19(15-5-3-6-16(23)13-15)18(21(26)22(24)27)20(25)14-7-9-17(29-2)10-8-14/h3,5-10,13,19,25H,4,11-12H2,1-2H3/b20-18+/t19-/m0/s1. The van der Waals surface area contributed by atoms with Crippen LogP contribution >= 0.6 is 15.9 Å². The Morgan fingerprint density at radius 3 is 2.48 bits per heavy atom. The van der Waals surface area contributed by atoms with Gasteiger partial charge in [-0.25, -0.2) is 0 Å². The van der Waals surface area contributed by atoms with Crippen LogP contribution in [0.4, 0.5) is 0 Å². The molecule has 1 N–H and O–H groups in total. The minimum atomic E-state index is -0.694. The maximum Gasteiger partial charge on any atom is 0.295 e. The molecule has 0 aromatic heterocycles. The summed E-state index contributed by atoms with van der Waals surface area (Å²) in [6.07, 6.45) is 0.580. The SMILES string of the molecule is COCCCN1C(=O)C(=O)/C(=C(/O)c2ccc(OC)cc2)[C@@H]1c1cccc(Br)c1. The average molecular weight is 460 g/mol. The summed E-state index contributed by atoms with van der Waals surface area (Å²) in [5.41, 5.74) is 1.27. The second-order valence-corrected chi connectivity index (χ2v) is 7.54. The first kappa shape index (κ1) is 21.1. The molecule has 29 heavy (non-hydrogen) atoms. The van der Waals surface area contributed by atoms with Crippen molar-refractivity contribution in [3.8, 4) is 5.75 Å². The van der Waals surface area contributed by atoms with Gasteiger partial charge in [0.15, 0.2) is 0 Å². The third kappa shape index (κ3) is 4.36. The van der Waals surface area contributed by atoms with Gasteiger partial charge in [-0.05, 0) is 48.4 Å². The lowest BCUT2D eigenvalue weighted by atomic mass is 9.95. The minimum absolute atomic E-state index is 0.0793. The first-order valence-corrected chi connectivity index (χ1v) is 9.94. The van der Waals surface area contributed by atoms with Crippen LogP contribution in [-0.4, -0.2) is 49.1 Å². The number of carbonyl (C=O) groups is 2. The van der Waals surface area contributed by atoms with Crippen molar-refractivity contribution < 1.29 is 24.2 Å². The quantitative estimate of drug-likeness (QED) is 0.294. The lowest BCUT2D eigenvalue weighted by Gasteiger charge is -2.25. The zero-order chi connectivity index (χ0) is 21.0. The van der Waals surface area contributed by atoms with Crippen LogP contribution < -0.4 is 4.74 Å². The predicted molar refractivity (Wildman–Crippen MR) is 113 cm³/mol. The Morgan fingerprint density at radius 2 is 1.86 bits per heavy atom. The van der Waals surface area contributed by atoms with Gasteiger partial charge in [-0.2, -0.15) is 0 Å². The maximum atomic E-state index is 12.9. The molecule has 7 heteroatoms. The van der Waals surface area contributed by atoms with Crippen molar-refractivity contribution in [2.45, 2.75) is 12.5 Å². The van der Waals surface area contributed by atoms with E-state index in [9.17, 15) is 14.7 Å². The number of likely N-dealkylation sites (tertiary alicyclic amines) is 1. The summed E-state index contributed by atoms with van der Waals surface area (Å²) in [6, 6.07) is 13.4. The van der Waals surface area contributed by atoms with E-state index in [0.29, 0.717) is 30.9 Å². The van der Waals surface area contributed by atoms with Gasteiger partial charge in [0.25, 0.3) is 11.7 Å². The number of aliphatic hydroxyl groups is 1. The van der Waals surface area contributed by atoms with Gasteiger partial charge < -0.3 is 19.5 Å². The lowest BCUT2D eigenvalue weighted by molar-refractivity contribution is -0.140. The van der Waals surface area contributed by atoms with Crippen molar-refractivity contribution in [1.82, 2.24) is 4.90 Å². The number of amides is 1. The van der Waals surface area contributed by atoms with E-state index in [2.05, 4.69) is 15.9 Å². The molecule has 1 amide bonds. The first-order valence-electron chi connectivity index (χ1n) is 9.15. The van der Waals surface area contributed by atoms with E-state index in [1.807, 2.05) is 24.3 Å². The maximum absolute atomic E-state index is 12.9.